The molecular formula is C22H37IN4O2. The fourth-order valence-corrected chi connectivity index (χ4v) is 4.06. The Kier molecular flexibility index (Phi) is 11.1. The summed E-state index contributed by atoms with van der Waals surface area (Å²) in [7, 11) is 3.95. The van der Waals surface area contributed by atoms with E-state index in [1.165, 1.54) is 44.1 Å². The average molecular weight is 516 g/mol. The maximum absolute atomic E-state index is 6.09. The number of pyridine rings is 1. The summed E-state index contributed by atoms with van der Waals surface area (Å²) < 4.78 is 11.5. The summed E-state index contributed by atoms with van der Waals surface area (Å²) in [6.45, 7) is 3.55. The fourth-order valence-electron chi connectivity index (χ4n) is 4.06. The molecule has 0 amide bonds. The van der Waals surface area contributed by atoms with Gasteiger partial charge < -0.3 is 19.7 Å². The number of ether oxygens (including phenoxy) is 2. The summed E-state index contributed by atoms with van der Waals surface area (Å²) >= 11 is 0. The number of rotatable bonds is 7. The molecule has 2 heterocycles. The Hall–Kier alpha value is -1.09. The molecule has 3 rings (SSSR count). The van der Waals surface area contributed by atoms with Crippen LogP contribution in [0.4, 0.5) is 0 Å². The molecule has 1 aliphatic carbocycles. The van der Waals surface area contributed by atoms with Crippen LogP contribution in [0.3, 0.4) is 0 Å². The quantitative estimate of drug-likeness (QED) is 0.334. The fraction of sp³-hybridized carbons (Fsp3) is 0.727. The van der Waals surface area contributed by atoms with Crippen molar-refractivity contribution in [2.45, 2.75) is 64.0 Å². The normalized spacial score (nSPS) is 18.8. The Morgan fingerprint density at radius 2 is 2.00 bits per heavy atom. The van der Waals surface area contributed by atoms with Gasteiger partial charge in [0.05, 0.1) is 0 Å². The van der Waals surface area contributed by atoms with Gasteiger partial charge in [-0.25, -0.2) is 4.98 Å². The lowest BCUT2D eigenvalue weighted by Gasteiger charge is -2.27. The van der Waals surface area contributed by atoms with E-state index < -0.39 is 0 Å². The van der Waals surface area contributed by atoms with Gasteiger partial charge in [-0.1, -0.05) is 6.42 Å². The Labute approximate surface area is 192 Å². The van der Waals surface area contributed by atoms with Gasteiger partial charge in [0, 0.05) is 52.7 Å². The first kappa shape index (κ1) is 24.2. The smallest absolute Gasteiger partial charge is 0.213 e. The number of hydrogen-bond donors (Lipinski definition) is 1. The van der Waals surface area contributed by atoms with Crippen molar-refractivity contribution in [1.29, 1.82) is 0 Å². The van der Waals surface area contributed by atoms with E-state index in [4.69, 9.17) is 9.47 Å². The molecule has 7 heteroatoms. The van der Waals surface area contributed by atoms with Crippen LogP contribution in [0.15, 0.2) is 23.3 Å². The molecule has 0 spiro atoms. The summed E-state index contributed by atoms with van der Waals surface area (Å²) in [5, 5.41) is 3.47. The first-order chi connectivity index (χ1) is 13.7. The van der Waals surface area contributed by atoms with E-state index in [0.717, 1.165) is 56.9 Å². The number of aliphatic imine (C=N–C) groups is 1. The summed E-state index contributed by atoms with van der Waals surface area (Å²) in [4.78, 5) is 11.1. The predicted octanol–water partition coefficient (Wildman–Crippen LogP) is 4.24. The second-order valence-electron chi connectivity index (χ2n) is 8.05. The molecule has 6 nitrogen and oxygen atoms in total. The molecule has 0 atom stereocenters. The zero-order valence-electron chi connectivity index (χ0n) is 17.9. The third kappa shape index (κ3) is 8.28. The monoisotopic (exact) mass is 516 g/mol. The van der Waals surface area contributed by atoms with Crippen LogP contribution in [0.2, 0.25) is 0 Å². The molecule has 0 radical (unpaired) electrons. The van der Waals surface area contributed by atoms with Crippen molar-refractivity contribution in [3.63, 3.8) is 0 Å². The van der Waals surface area contributed by atoms with E-state index >= 15 is 0 Å². The number of hydrogen-bond acceptors (Lipinski definition) is 4. The number of halogens is 1. The van der Waals surface area contributed by atoms with Crippen LogP contribution < -0.4 is 10.1 Å². The molecule has 1 aromatic heterocycles. The van der Waals surface area contributed by atoms with Gasteiger partial charge in [-0.2, -0.15) is 0 Å². The van der Waals surface area contributed by atoms with E-state index in [-0.39, 0.29) is 24.0 Å². The zero-order chi connectivity index (χ0) is 19.6. The standard InChI is InChI=1S/C22H36N4O2.HI/c1-23-22(26(2)13-9-18-10-14-27-15-11-18)25-17-19-8-12-24-21(16-19)28-20-6-4-3-5-7-20;/h8,12,16,18,20H,3-7,9-11,13-15,17H2,1-2H3,(H,23,25);1H. The van der Waals surface area contributed by atoms with Gasteiger partial charge in [-0.3, -0.25) is 4.99 Å². The van der Waals surface area contributed by atoms with E-state index in [1.807, 2.05) is 19.3 Å². The molecule has 1 N–H and O–H groups in total. The third-order valence-corrected chi connectivity index (χ3v) is 5.88. The number of nitrogens with one attached hydrogen (secondary N) is 1. The minimum atomic E-state index is 0. The van der Waals surface area contributed by atoms with Crippen LogP contribution in [0.5, 0.6) is 5.88 Å². The summed E-state index contributed by atoms with van der Waals surface area (Å²) in [5.74, 6) is 2.45. The molecule has 1 aliphatic heterocycles. The minimum absolute atomic E-state index is 0. The minimum Gasteiger partial charge on any atom is -0.474 e. The summed E-state index contributed by atoms with van der Waals surface area (Å²) in [6.07, 6.45) is 11.9. The molecule has 1 aromatic rings. The van der Waals surface area contributed by atoms with Gasteiger partial charge in [0.1, 0.15) is 6.10 Å². The lowest BCUT2D eigenvalue weighted by molar-refractivity contribution is 0.0625. The van der Waals surface area contributed by atoms with E-state index in [0.29, 0.717) is 6.10 Å². The van der Waals surface area contributed by atoms with Gasteiger partial charge in [-0.05, 0) is 62.5 Å². The molecule has 0 aromatic carbocycles. The van der Waals surface area contributed by atoms with E-state index in [9.17, 15) is 0 Å². The van der Waals surface area contributed by atoms with Crippen LogP contribution in [-0.2, 0) is 11.3 Å². The van der Waals surface area contributed by atoms with Crippen molar-refractivity contribution in [2.24, 2.45) is 10.9 Å². The first-order valence-corrected chi connectivity index (χ1v) is 10.9. The molecule has 0 bridgehead atoms. The molecule has 0 unspecified atom stereocenters. The molecule has 164 valence electrons. The van der Waals surface area contributed by atoms with Crippen LogP contribution in [0.25, 0.3) is 0 Å². The maximum atomic E-state index is 6.09. The molecule has 29 heavy (non-hydrogen) atoms. The Morgan fingerprint density at radius 1 is 1.24 bits per heavy atom. The Bertz CT molecular complexity index is 617. The lowest BCUT2D eigenvalue weighted by Crippen LogP contribution is -2.39. The largest absolute Gasteiger partial charge is 0.474 e. The van der Waals surface area contributed by atoms with E-state index in [1.54, 1.807) is 0 Å². The van der Waals surface area contributed by atoms with Crippen molar-refractivity contribution < 1.29 is 9.47 Å². The third-order valence-electron chi connectivity index (χ3n) is 5.88. The second kappa shape index (κ2) is 13.3. The van der Waals surface area contributed by atoms with Gasteiger partial charge in [0.2, 0.25) is 5.88 Å². The highest BCUT2D eigenvalue weighted by atomic mass is 127. The van der Waals surface area contributed by atoms with Crippen LogP contribution in [-0.4, -0.2) is 55.8 Å². The maximum Gasteiger partial charge on any atom is 0.213 e. The Morgan fingerprint density at radius 3 is 2.72 bits per heavy atom. The predicted molar refractivity (Wildman–Crippen MR) is 128 cm³/mol. The van der Waals surface area contributed by atoms with Crippen molar-refractivity contribution in [3.05, 3.63) is 23.9 Å². The zero-order valence-corrected chi connectivity index (χ0v) is 20.3. The van der Waals surface area contributed by atoms with Crippen LogP contribution in [0.1, 0.15) is 56.9 Å². The van der Waals surface area contributed by atoms with Crippen molar-refractivity contribution >= 4 is 29.9 Å². The SMILES string of the molecule is CN=C(NCc1ccnc(OC2CCCCC2)c1)N(C)CCC1CCOCC1.I. The van der Waals surface area contributed by atoms with Gasteiger partial charge in [0.15, 0.2) is 5.96 Å². The second-order valence-corrected chi connectivity index (χ2v) is 8.05. The highest BCUT2D eigenvalue weighted by Gasteiger charge is 2.17. The van der Waals surface area contributed by atoms with Crippen molar-refractivity contribution in [3.8, 4) is 5.88 Å². The van der Waals surface area contributed by atoms with Crippen molar-refractivity contribution in [1.82, 2.24) is 15.2 Å². The number of aromatic nitrogens is 1. The van der Waals surface area contributed by atoms with Crippen LogP contribution >= 0.6 is 24.0 Å². The Balaban J connectivity index is 0.00000300. The van der Waals surface area contributed by atoms with Crippen LogP contribution in [0, 0.1) is 5.92 Å². The number of guanidine groups is 1. The molecule has 2 fully saturated rings. The molecular weight excluding hydrogens is 479 g/mol. The number of nitrogens with zero attached hydrogens (tertiary/aromatic N) is 3. The summed E-state index contributed by atoms with van der Waals surface area (Å²) in [5.41, 5.74) is 1.17. The first-order valence-electron chi connectivity index (χ1n) is 10.9. The molecule has 2 aliphatic rings. The highest BCUT2D eigenvalue weighted by molar-refractivity contribution is 14.0. The van der Waals surface area contributed by atoms with Gasteiger partial charge >= 0.3 is 0 Å². The molecule has 1 saturated heterocycles. The van der Waals surface area contributed by atoms with Crippen molar-refractivity contribution in [2.75, 3.05) is 33.9 Å². The van der Waals surface area contributed by atoms with Gasteiger partial charge in [-0.15, -0.1) is 24.0 Å². The van der Waals surface area contributed by atoms with E-state index in [2.05, 4.69) is 33.3 Å². The lowest BCUT2D eigenvalue weighted by atomic mass is 9.96. The topological polar surface area (TPSA) is 59.0 Å². The highest BCUT2D eigenvalue weighted by Crippen LogP contribution is 2.22. The molecule has 1 saturated carbocycles. The summed E-state index contributed by atoms with van der Waals surface area (Å²) in [6, 6.07) is 4.09. The van der Waals surface area contributed by atoms with Gasteiger partial charge in [0.25, 0.3) is 0 Å². The average Bonchev–Trinajstić information content (AvgIpc) is 2.74.